The first-order valence-electron chi connectivity index (χ1n) is 12.8. The molecule has 5 aromatic carbocycles. The monoisotopic (exact) mass is 502 g/mol. The number of hydrogen-bond donors (Lipinski definition) is 2. The molecule has 5 aromatic rings. The average Bonchev–Trinajstić information content (AvgIpc) is 2.97. The molecule has 0 fully saturated rings. The number of aliphatic hydroxyl groups is 1. The van der Waals surface area contributed by atoms with Crippen molar-refractivity contribution in [3.63, 3.8) is 0 Å². The van der Waals surface area contributed by atoms with Gasteiger partial charge in [-0.05, 0) is 39.4 Å². The number of carboxylic acids is 1. The average molecular weight is 503 g/mol. The van der Waals surface area contributed by atoms with Crippen molar-refractivity contribution in [1.82, 2.24) is 0 Å². The van der Waals surface area contributed by atoms with Crippen molar-refractivity contribution in [3.8, 4) is 0 Å². The molecule has 190 valence electrons. The fourth-order valence-corrected chi connectivity index (χ4v) is 5.17. The molecule has 4 heteroatoms. The van der Waals surface area contributed by atoms with E-state index in [-0.39, 0.29) is 13.0 Å². The number of rotatable bonds is 10. The van der Waals surface area contributed by atoms with E-state index in [2.05, 4.69) is 0 Å². The molecule has 0 radical (unpaired) electrons. The van der Waals surface area contributed by atoms with Crippen LogP contribution in [0.3, 0.4) is 0 Å². The largest absolute Gasteiger partial charge is 0.481 e. The lowest BCUT2D eigenvalue weighted by Gasteiger charge is -2.37. The second-order valence-electron chi connectivity index (χ2n) is 9.44. The molecular weight excluding hydrogens is 472 g/mol. The van der Waals surface area contributed by atoms with E-state index in [4.69, 9.17) is 4.74 Å². The SMILES string of the molecule is O=C(O)[C@@H](COC(c1ccccc1)(c1ccccc1)c1ccccc1)[C@@H](O)Cc1cccc2ccccc12. The third-order valence-electron chi connectivity index (χ3n) is 7.11. The molecule has 0 heterocycles. The normalized spacial score (nSPS) is 13.2. The number of ether oxygens (including phenoxy) is 1. The first-order chi connectivity index (χ1) is 18.6. The van der Waals surface area contributed by atoms with E-state index in [1.54, 1.807) is 0 Å². The minimum Gasteiger partial charge on any atom is -0.481 e. The summed E-state index contributed by atoms with van der Waals surface area (Å²) in [6.45, 7) is -0.181. The van der Waals surface area contributed by atoms with Gasteiger partial charge >= 0.3 is 5.97 Å². The van der Waals surface area contributed by atoms with E-state index >= 15 is 0 Å². The van der Waals surface area contributed by atoms with Gasteiger partial charge in [0.2, 0.25) is 0 Å². The summed E-state index contributed by atoms with van der Waals surface area (Å²) in [7, 11) is 0. The third-order valence-corrected chi connectivity index (χ3v) is 7.11. The minimum absolute atomic E-state index is 0.181. The van der Waals surface area contributed by atoms with Gasteiger partial charge in [0.05, 0.1) is 12.7 Å². The Bertz CT molecular complexity index is 1380. The van der Waals surface area contributed by atoms with Crippen molar-refractivity contribution in [2.45, 2.75) is 18.1 Å². The Kier molecular flexibility index (Phi) is 7.64. The molecule has 0 unspecified atom stereocenters. The number of fused-ring (bicyclic) bond motifs is 1. The predicted octanol–water partition coefficient (Wildman–Crippen LogP) is 6.45. The van der Waals surface area contributed by atoms with Gasteiger partial charge in [-0.3, -0.25) is 4.79 Å². The van der Waals surface area contributed by atoms with Crippen molar-refractivity contribution in [1.29, 1.82) is 0 Å². The van der Waals surface area contributed by atoms with E-state index in [0.29, 0.717) is 0 Å². The van der Waals surface area contributed by atoms with Gasteiger partial charge in [-0.15, -0.1) is 0 Å². The number of benzene rings is 5. The van der Waals surface area contributed by atoms with Gasteiger partial charge in [-0.25, -0.2) is 0 Å². The topological polar surface area (TPSA) is 66.8 Å². The first kappa shape index (κ1) is 25.4. The van der Waals surface area contributed by atoms with Crippen LogP contribution in [0.1, 0.15) is 22.3 Å². The summed E-state index contributed by atoms with van der Waals surface area (Å²) in [6.07, 6.45) is -0.935. The van der Waals surface area contributed by atoms with Crippen LogP contribution in [-0.4, -0.2) is 28.9 Å². The molecule has 0 spiro atoms. The predicted molar refractivity (Wildman–Crippen MR) is 150 cm³/mol. The zero-order valence-electron chi connectivity index (χ0n) is 21.0. The zero-order valence-corrected chi connectivity index (χ0v) is 21.0. The smallest absolute Gasteiger partial charge is 0.311 e. The maximum absolute atomic E-state index is 12.5. The van der Waals surface area contributed by atoms with Gasteiger partial charge in [0.1, 0.15) is 11.5 Å². The van der Waals surface area contributed by atoms with Crippen LogP contribution in [0.4, 0.5) is 0 Å². The van der Waals surface area contributed by atoms with Crippen LogP contribution in [0.5, 0.6) is 0 Å². The highest BCUT2D eigenvalue weighted by molar-refractivity contribution is 5.85. The molecule has 2 N–H and O–H groups in total. The molecular formula is C34H30O4. The van der Waals surface area contributed by atoms with Gasteiger partial charge < -0.3 is 14.9 Å². The number of aliphatic carboxylic acids is 1. The van der Waals surface area contributed by atoms with Crippen molar-refractivity contribution < 1.29 is 19.7 Å². The van der Waals surface area contributed by atoms with Crippen LogP contribution in [0.15, 0.2) is 133 Å². The van der Waals surface area contributed by atoms with Crippen LogP contribution in [-0.2, 0) is 21.6 Å². The van der Waals surface area contributed by atoms with Crippen LogP contribution in [0.25, 0.3) is 10.8 Å². The molecule has 2 atom stereocenters. The van der Waals surface area contributed by atoms with Gasteiger partial charge in [-0.1, -0.05) is 133 Å². The molecule has 38 heavy (non-hydrogen) atoms. The Morgan fingerprint density at radius 3 is 1.66 bits per heavy atom. The Morgan fingerprint density at radius 1 is 0.658 bits per heavy atom. The summed E-state index contributed by atoms with van der Waals surface area (Å²) < 4.78 is 6.72. The molecule has 0 amide bonds. The molecule has 0 aliphatic carbocycles. The number of aliphatic hydroxyl groups excluding tert-OH is 1. The van der Waals surface area contributed by atoms with Crippen molar-refractivity contribution in [2.75, 3.05) is 6.61 Å². The van der Waals surface area contributed by atoms with Gasteiger partial charge in [0, 0.05) is 0 Å². The summed E-state index contributed by atoms with van der Waals surface area (Å²) in [5.41, 5.74) is 2.49. The number of hydrogen-bond acceptors (Lipinski definition) is 3. The fourth-order valence-electron chi connectivity index (χ4n) is 5.17. The molecule has 0 aliphatic heterocycles. The Morgan fingerprint density at radius 2 is 1.13 bits per heavy atom. The zero-order chi connectivity index (χ0) is 26.4. The molecule has 0 saturated carbocycles. The Labute approximate surface area is 222 Å². The maximum Gasteiger partial charge on any atom is 0.311 e. The molecule has 5 rings (SSSR count). The van der Waals surface area contributed by atoms with Gasteiger partial charge in [0.15, 0.2) is 0 Å². The van der Waals surface area contributed by atoms with Crippen molar-refractivity contribution in [3.05, 3.63) is 156 Å². The summed E-state index contributed by atoms with van der Waals surface area (Å²) in [6, 6.07) is 43.2. The van der Waals surface area contributed by atoms with Crippen molar-refractivity contribution in [2.24, 2.45) is 5.92 Å². The van der Waals surface area contributed by atoms with Crippen LogP contribution in [0.2, 0.25) is 0 Å². The van der Waals surface area contributed by atoms with Crippen LogP contribution in [0, 0.1) is 5.92 Å². The number of carbonyl (C=O) groups is 1. The van der Waals surface area contributed by atoms with E-state index in [1.807, 2.05) is 133 Å². The van der Waals surface area contributed by atoms with E-state index in [0.717, 1.165) is 33.0 Å². The summed E-state index contributed by atoms with van der Waals surface area (Å²) in [5.74, 6) is -2.23. The summed E-state index contributed by atoms with van der Waals surface area (Å²) >= 11 is 0. The highest BCUT2D eigenvalue weighted by atomic mass is 16.5. The Balaban J connectivity index is 1.52. The Hall–Kier alpha value is -4.25. The highest BCUT2D eigenvalue weighted by Crippen LogP contribution is 2.41. The molecule has 0 aromatic heterocycles. The van der Waals surface area contributed by atoms with E-state index in [1.165, 1.54) is 0 Å². The van der Waals surface area contributed by atoms with Crippen molar-refractivity contribution >= 4 is 16.7 Å². The van der Waals surface area contributed by atoms with Crippen LogP contribution < -0.4 is 0 Å². The second kappa shape index (κ2) is 11.4. The molecule has 4 nitrogen and oxygen atoms in total. The van der Waals surface area contributed by atoms with Gasteiger partial charge in [0.25, 0.3) is 0 Å². The third kappa shape index (κ3) is 5.10. The lowest BCUT2D eigenvalue weighted by Crippen LogP contribution is -2.40. The lowest BCUT2D eigenvalue weighted by molar-refractivity contribution is -0.151. The standard InChI is InChI=1S/C34H30O4/c35-32(23-26-15-12-14-25-13-10-11-22-30(25)26)31(33(36)37)24-38-34(27-16-4-1-5-17-27,28-18-6-2-7-19-28)29-20-8-3-9-21-29/h1-22,31-32,35H,23-24H2,(H,36,37)/t31-,32-/m0/s1. The first-order valence-corrected chi connectivity index (χ1v) is 12.8. The fraction of sp³-hybridized carbons (Fsp3) is 0.147. The van der Waals surface area contributed by atoms with E-state index in [9.17, 15) is 15.0 Å². The highest BCUT2D eigenvalue weighted by Gasteiger charge is 2.40. The van der Waals surface area contributed by atoms with E-state index < -0.39 is 23.6 Å². The molecule has 0 bridgehead atoms. The van der Waals surface area contributed by atoms with Gasteiger partial charge in [-0.2, -0.15) is 0 Å². The summed E-state index contributed by atoms with van der Waals surface area (Å²) in [4.78, 5) is 12.5. The number of carboxylic acid groups (broad SMARTS) is 1. The lowest BCUT2D eigenvalue weighted by atomic mass is 9.80. The minimum atomic E-state index is -1.14. The summed E-state index contributed by atoms with van der Waals surface area (Å²) in [5, 5.41) is 23.5. The second-order valence-corrected chi connectivity index (χ2v) is 9.44. The van der Waals surface area contributed by atoms with Crippen LogP contribution >= 0.6 is 0 Å². The quantitative estimate of drug-likeness (QED) is 0.215. The molecule has 0 saturated heterocycles. The molecule has 0 aliphatic rings. The maximum atomic E-state index is 12.5.